The summed E-state index contributed by atoms with van der Waals surface area (Å²) in [5.74, 6) is 0.416. The van der Waals surface area contributed by atoms with E-state index in [9.17, 15) is 4.79 Å². The van der Waals surface area contributed by atoms with Gasteiger partial charge in [-0.05, 0) is 18.2 Å². The van der Waals surface area contributed by atoms with Gasteiger partial charge >= 0.3 is 5.97 Å². The van der Waals surface area contributed by atoms with Crippen LogP contribution in [0.5, 0.6) is 5.75 Å². The van der Waals surface area contributed by atoms with E-state index >= 15 is 0 Å². The summed E-state index contributed by atoms with van der Waals surface area (Å²) in [6.07, 6.45) is 0.409. The van der Waals surface area contributed by atoms with Gasteiger partial charge in [0.25, 0.3) is 0 Å². The summed E-state index contributed by atoms with van der Waals surface area (Å²) >= 11 is 3.35. The van der Waals surface area contributed by atoms with Gasteiger partial charge in [-0.3, -0.25) is 4.79 Å². The predicted octanol–water partition coefficient (Wildman–Crippen LogP) is 2.17. The van der Waals surface area contributed by atoms with Crippen molar-refractivity contribution in [2.24, 2.45) is 0 Å². The van der Waals surface area contributed by atoms with Crippen LogP contribution in [0.25, 0.3) is 0 Å². The van der Waals surface area contributed by atoms with E-state index in [1.165, 1.54) is 0 Å². The summed E-state index contributed by atoms with van der Waals surface area (Å²) in [5.41, 5.74) is 0.861. The molecule has 0 saturated heterocycles. The molecule has 0 aliphatic carbocycles. The van der Waals surface area contributed by atoms with Crippen LogP contribution in [0.2, 0.25) is 0 Å². The number of benzene rings is 1. The van der Waals surface area contributed by atoms with Crippen LogP contribution in [0, 0.1) is 0 Å². The molecular formula is C9H8BrNO2. The number of hydrogen-bond acceptors (Lipinski definition) is 3. The SMILES string of the molecule is O=C1CCNc2cc(Br)ccc2O1. The molecule has 0 amide bonds. The third-order valence-electron chi connectivity index (χ3n) is 1.81. The molecule has 13 heavy (non-hydrogen) atoms. The van der Waals surface area contributed by atoms with Crippen molar-refractivity contribution in [2.75, 3.05) is 11.9 Å². The van der Waals surface area contributed by atoms with Gasteiger partial charge in [-0.15, -0.1) is 0 Å². The molecule has 4 heteroatoms. The Morgan fingerprint density at radius 2 is 2.31 bits per heavy atom. The molecular weight excluding hydrogens is 234 g/mol. The van der Waals surface area contributed by atoms with E-state index in [-0.39, 0.29) is 5.97 Å². The number of nitrogens with one attached hydrogen (secondary N) is 1. The van der Waals surface area contributed by atoms with E-state index in [0.29, 0.717) is 18.7 Å². The van der Waals surface area contributed by atoms with E-state index in [0.717, 1.165) is 10.2 Å². The van der Waals surface area contributed by atoms with Crippen LogP contribution in [0.4, 0.5) is 5.69 Å². The minimum atomic E-state index is -0.187. The number of anilines is 1. The quantitative estimate of drug-likeness (QED) is 0.559. The van der Waals surface area contributed by atoms with Crippen LogP contribution in [0.3, 0.4) is 0 Å². The van der Waals surface area contributed by atoms with Crippen LogP contribution >= 0.6 is 15.9 Å². The first-order valence-electron chi connectivity index (χ1n) is 4.00. The average Bonchev–Trinajstić information content (AvgIpc) is 2.25. The minimum absolute atomic E-state index is 0.187. The summed E-state index contributed by atoms with van der Waals surface area (Å²) in [4.78, 5) is 11.1. The van der Waals surface area contributed by atoms with Crippen molar-refractivity contribution < 1.29 is 9.53 Å². The number of rotatable bonds is 0. The highest BCUT2D eigenvalue weighted by atomic mass is 79.9. The Kier molecular flexibility index (Phi) is 2.22. The topological polar surface area (TPSA) is 38.3 Å². The fourth-order valence-electron chi connectivity index (χ4n) is 1.20. The normalized spacial score (nSPS) is 15.3. The molecule has 1 aromatic carbocycles. The zero-order chi connectivity index (χ0) is 9.26. The second-order valence-corrected chi connectivity index (χ2v) is 3.71. The van der Waals surface area contributed by atoms with Gasteiger partial charge < -0.3 is 10.1 Å². The highest BCUT2D eigenvalue weighted by molar-refractivity contribution is 9.10. The van der Waals surface area contributed by atoms with Crippen LogP contribution in [-0.4, -0.2) is 12.5 Å². The molecule has 1 heterocycles. The fourth-order valence-corrected chi connectivity index (χ4v) is 1.56. The number of carbonyl (C=O) groups excluding carboxylic acids is 1. The Bertz CT molecular complexity index is 351. The summed E-state index contributed by atoms with van der Waals surface area (Å²) in [7, 11) is 0. The molecule has 1 aliphatic heterocycles. The molecule has 0 bridgehead atoms. The van der Waals surface area contributed by atoms with Crippen LogP contribution in [-0.2, 0) is 4.79 Å². The van der Waals surface area contributed by atoms with E-state index in [1.807, 2.05) is 12.1 Å². The van der Waals surface area contributed by atoms with Crippen molar-refractivity contribution in [3.05, 3.63) is 22.7 Å². The Morgan fingerprint density at radius 1 is 1.46 bits per heavy atom. The molecule has 68 valence electrons. The van der Waals surface area contributed by atoms with Crippen molar-refractivity contribution >= 4 is 27.6 Å². The van der Waals surface area contributed by atoms with Gasteiger partial charge in [0, 0.05) is 11.0 Å². The summed E-state index contributed by atoms with van der Waals surface area (Å²) < 4.78 is 6.06. The standard InChI is InChI=1S/C9H8BrNO2/c10-6-1-2-8-7(5-6)11-4-3-9(12)13-8/h1-2,5,11H,3-4H2. The molecule has 0 radical (unpaired) electrons. The predicted molar refractivity (Wildman–Crippen MR) is 52.9 cm³/mol. The molecule has 0 fully saturated rings. The van der Waals surface area contributed by atoms with E-state index in [2.05, 4.69) is 21.2 Å². The molecule has 1 aromatic rings. The molecule has 0 unspecified atom stereocenters. The number of fused-ring (bicyclic) bond motifs is 1. The Morgan fingerprint density at radius 3 is 3.15 bits per heavy atom. The maximum Gasteiger partial charge on any atom is 0.313 e. The summed E-state index contributed by atoms with van der Waals surface area (Å²) in [6.45, 7) is 0.627. The smallest absolute Gasteiger partial charge is 0.313 e. The highest BCUT2D eigenvalue weighted by Gasteiger charge is 2.13. The van der Waals surface area contributed by atoms with E-state index in [4.69, 9.17) is 4.74 Å². The molecule has 3 nitrogen and oxygen atoms in total. The van der Waals surface area contributed by atoms with E-state index < -0.39 is 0 Å². The lowest BCUT2D eigenvalue weighted by molar-refractivity contribution is -0.133. The molecule has 0 aromatic heterocycles. The first-order chi connectivity index (χ1) is 6.25. The monoisotopic (exact) mass is 241 g/mol. The number of ether oxygens (including phenoxy) is 1. The number of carbonyl (C=O) groups is 1. The van der Waals surface area contributed by atoms with Gasteiger partial charge in [-0.2, -0.15) is 0 Å². The Hall–Kier alpha value is -1.03. The first-order valence-corrected chi connectivity index (χ1v) is 4.79. The third kappa shape index (κ3) is 1.83. The third-order valence-corrected chi connectivity index (χ3v) is 2.30. The molecule has 1 aliphatic rings. The second-order valence-electron chi connectivity index (χ2n) is 2.79. The molecule has 0 spiro atoms. The minimum Gasteiger partial charge on any atom is -0.424 e. The zero-order valence-corrected chi connectivity index (χ0v) is 8.43. The Balaban J connectivity index is 2.40. The van der Waals surface area contributed by atoms with Gasteiger partial charge in [0.2, 0.25) is 0 Å². The van der Waals surface area contributed by atoms with Crippen LogP contribution in [0.15, 0.2) is 22.7 Å². The van der Waals surface area contributed by atoms with E-state index in [1.54, 1.807) is 6.07 Å². The van der Waals surface area contributed by atoms with Crippen LogP contribution < -0.4 is 10.1 Å². The summed E-state index contributed by atoms with van der Waals surface area (Å²) in [6, 6.07) is 5.52. The number of halogens is 1. The lowest BCUT2D eigenvalue weighted by Crippen LogP contribution is -2.08. The van der Waals surface area contributed by atoms with Gasteiger partial charge in [-0.1, -0.05) is 15.9 Å². The molecule has 2 rings (SSSR count). The van der Waals surface area contributed by atoms with Gasteiger partial charge in [-0.25, -0.2) is 0 Å². The van der Waals surface area contributed by atoms with Crippen molar-refractivity contribution in [1.82, 2.24) is 0 Å². The fraction of sp³-hybridized carbons (Fsp3) is 0.222. The Labute approximate surface area is 84.2 Å². The molecule has 0 saturated carbocycles. The summed E-state index contributed by atoms with van der Waals surface area (Å²) in [5, 5.41) is 3.12. The lowest BCUT2D eigenvalue weighted by Gasteiger charge is -2.05. The second kappa shape index (κ2) is 3.38. The highest BCUT2D eigenvalue weighted by Crippen LogP contribution is 2.29. The van der Waals surface area contributed by atoms with Crippen molar-refractivity contribution in [2.45, 2.75) is 6.42 Å². The van der Waals surface area contributed by atoms with Gasteiger partial charge in [0.15, 0.2) is 5.75 Å². The van der Waals surface area contributed by atoms with Crippen molar-refractivity contribution in [3.63, 3.8) is 0 Å². The first kappa shape index (κ1) is 8.56. The van der Waals surface area contributed by atoms with Crippen LogP contribution in [0.1, 0.15) is 6.42 Å². The van der Waals surface area contributed by atoms with Gasteiger partial charge in [0.1, 0.15) is 0 Å². The lowest BCUT2D eigenvalue weighted by atomic mass is 10.3. The maximum atomic E-state index is 11.1. The number of hydrogen-bond donors (Lipinski definition) is 1. The van der Waals surface area contributed by atoms with Crippen molar-refractivity contribution in [3.8, 4) is 5.75 Å². The van der Waals surface area contributed by atoms with Gasteiger partial charge in [0.05, 0.1) is 12.1 Å². The molecule has 1 N–H and O–H groups in total. The molecule has 0 atom stereocenters. The average molecular weight is 242 g/mol. The van der Waals surface area contributed by atoms with Crippen molar-refractivity contribution in [1.29, 1.82) is 0 Å². The maximum absolute atomic E-state index is 11.1. The zero-order valence-electron chi connectivity index (χ0n) is 6.84. The number of esters is 1. The largest absolute Gasteiger partial charge is 0.424 e.